The van der Waals surface area contributed by atoms with Gasteiger partial charge in [0.15, 0.2) is 6.29 Å². The van der Waals surface area contributed by atoms with Crippen LogP contribution in [0.25, 0.3) is 0 Å². The molecule has 2 aliphatic rings. The average molecular weight is 465 g/mol. The van der Waals surface area contributed by atoms with Crippen molar-refractivity contribution in [2.75, 3.05) is 13.2 Å². The second-order valence-corrected chi connectivity index (χ2v) is 7.65. The summed E-state index contributed by atoms with van der Waals surface area (Å²) in [5.41, 5.74) is 0. The number of aromatic nitrogens is 2. The van der Waals surface area contributed by atoms with Crippen molar-refractivity contribution in [2.45, 2.75) is 22.2 Å². The second-order valence-electron chi connectivity index (χ2n) is 4.83. The van der Waals surface area contributed by atoms with E-state index in [1.807, 2.05) is 12.2 Å². The fourth-order valence-corrected chi connectivity index (χ4v) is 3.17. The average Bonchev–Trinajstić information content (AvgIpc) is 2.51. The summed E-state index contributed by atoms with van der Waals surface area (Å²) in [4.78, 5) is 8.20. The fourth-order valence-electron chi connectivity index (χ4n) is 2.15. The highest BCUT2D eigenvalue weighted by molar-refractivity contribution is 14.1. The number of hydrogen-bond donors (Lipinski definition) is 0. The molecule has 0 saturated carbocycles. The van der Waals surface area contributed by atoms with Gasteiger partial charge in [0, 0.05) is 0 Å². The van der Waals surface area contributed by atoms with Gasteiger partial charge in [0.25, 0.3) is 0 Å². The van der Waals surface area contributed by atoms with Gasteiger partial charge in [0.05, 0.1) is 29.0 Å². The Morgan fingerprint density at radius 1 is 1.24 bits per heavy atom. The molecule has 21 heavy (non-hydrogen) atoms. The number of allylic oxidation sites excluding steroid dienone is 3. The van der Waals surface area contributed by atoms with Crippen LogP contribution in [-0.4, -0.2) is 39.0 Å². The minimum Gasteiger partial charge on any atom is -0.468 e. The molecule has 3 rings (SSSR count). The first kappa shape index (κ1) is 15.4. The standard InChI is InChI=1S/C14H14BrIN2O3/c15-11-6-18-12(7-17-11)21-10-8-19-13(20-9-10)14(16)4-2-1-3-5-14/h1-4,6-7,10,13H,5,8-9H2/t10-,13-,14?. The maximum atomic E-state index is 5.83. The molecule has 112 valence electrons. The third kappa shape index (κ3) is 3.82. The van der Waals surface area contributed by atoms with Gasteiger partial charge in [-0.25, -0.2) is 9.97 Å². The Balaban J connectivity index is 1.54. The molecule has 1 aliphatic heterocycles. The molecule has 1 atom stereocenters. The third-order valence-electron chi connectivity index (χ3n) is 3.19. The lowest BCUT2D eigenvalue weighted by atomic mass is 10.00. The lowest BCUT2D eigenvalue weighted by molar-refractivity contribution is -0.217. The van der Waals surface area contributed by atoms with E-state index in [1.165, 1.54) is 0 Å². The first-order valence-corrected chi connectivity index (χ1v) is 8.43. The number of hydrogen-bond acceptors (Lipinski definition) is 5. The van der Waals surface area contributed by atoms with Crippen molar-refractivity contribution in [1.29, 1.82) is 0 Å². The van der Waals surface area contributed by atoms with Crippen LogP contribution in [0.4, 0.5) is 0 Å². The molecule has 1 aliphatic carbocycles. The molecule has 1 fully saturated rings. The predicted octanol–water partition coefficient (Wildman–Crippen LogP) is 3.05. The first-order chi connectivity index (χ1) is 10.2. The van der Waals surface area contributed by atoms with E-state index in [1.54, 1.807) is 12.4 Å². The summed E-state index contributed by atoms with van der Waals surface area (Å²) < 4.78 is 17.9. The topological polar surface area (TPSA) is 53.5 Å². The van der Waals surface area contributed by atoms with Crippen LogP contribution < -0.4 is 4.74 Å². The van der Waals surface area contributed by atoms with Crippen LogP contribution in [-0.2, 0) is 9.47 Å². The highest BCUT2D eigenvalue weighted by Crippen LogP contribution is 2.36. The van der Waals surface area contributed by atoms with Crippen molar-refractivity contribution in [2.24, 2.45) is 0 Å². The van der Waals surface area contributed by atoms with Gasteiger partial charge in [0.2, 0.25) is 5.88 Å². The molecular formula is C14H14BrIN2O3. The van der Waals surface area contributed by atoms with E-state index in [2.05, 4.69) is 60.6 Å². The van der Waals surface area contributed by atoms with E-state index in [-0.39, 0.29) is 15.8 Å². The largest absolute Gasteiger partial charge is 0.468 e. The molecule has 1 aromatic rings. The molecule has 0 bridgehead atoms. The Bertz CT molecular complexity index is 544. The normalized spacial score (nSPS) is 32.1. The summed E-state index contributed by atoms with van der Waals surface area (Å²) in [7, 11) is 0. The quantitative estimate of drug-likeness (QED) is 0.508. The molecule has 1 saturated heterocycles. The summed E-state index contributed by atoms with van der Waals surface area (Å²) >= 11 is 5.62. The lowest BCUT2D eigenvalue weighted by Gasteiger charge is -2.38. The van der Waals surface area contributed by atoms with E-state index in [4.69, 9.17) is 14.2 Å². The monoisotopic (exact) mass is 464 g/mol. The Kier molecular flexibility index (Phi) is 4.92. The Morgan fingerprint density at radius 3 is 2.67 bits per heavy atom. The Hall–Kier alpha value is -0.510. The number of ether oxygens (including phenoxy) is 3. The molecule has 1 unspecified atom stereocenters. The van der Waals surface area contributed by atoms with Crippen molar-refractivity contribution in [3.05, 3.63) is 41.3 Å². The summed E-state index contributed by atoms with van der Waals surface area (Å²) in [5, 5.41) is 0. The highest BCUT2D eigenvalue weighted by Gasteiger charge is 2.39. The van der Waals surface area contributed by atoms with Crippen LogP contribution in [0.2, 0.25) is 0 Å². The van der Waals surface area contributed by atoms with Crippen LogP contribution in [0, 0.1) is 0 Å². The number of rotatable bonds is 3. The summed E-state index contributed by atoms with van der Waals surface area (Å²) in [6.45, 7) is 0.954. The maximum absolute atomic E-state index is 5.83. The van der Waals surface area contributed by atoms with Crippen LogP contribution in [0.15, 0.2) is 41.3 Å². The van der Waals surface area contributed by atoms with Crippen LogP contribution >= 0.6 is 38.5 Å². The van der Waals surface area contributed by atoms with Gasteiger partial charge >= 0.3 is 0 Å². The molecule has 0 amide bonds. The Morgan fingerprint density at radius 2 is 2.05 bits per heavy atom. The zero-order chi connectivity index (χ0) is 14.7. The molecule has 0 spiro atoms. The zero-order valence-electron chi connectivity index (χ0n) is 11.1. The summed E-state index contributed by atoms with van der Waals surface area (Å²) in [6.07, 6.45) is 12.0. The predicted molar refractivity (Wildman–Crippen MR) is 89.5 cm³/mol. The first-order valence-electron chi connectivity index (χ1n) is 6.56. The van der Waals surface area contributed by atoms with Crippen molar-refractivity contribution >= 4 is 38.5 Å². The molecule has 0 N–H and O–H groups in total. The lowest BCUT2D eigenvalue weighted by Crippen LogP contribution is -2.48. The van der Waals surface area contributed by atoms with Gasteiger partial charge in [0.1, 0.15) is 10.7 Å². The van der Waals surface area contributed by atoms with Gasteiger partial charge in [-0.2, -0.15) is 0 Å². The molecule has 0 radical (unpaired) electrons. The van der Waals surface area contributed by atoms with E-state index >= 15 is 0 Å². The molecule has 2 heterocycles. The van der Waals surface area contributed by atoms with E-state index in [0.717, 1.165) is 6.42 Å². The van der Waals surface area contributed by atoms with E-state index < -0.39 is 0 Å². The van der Waals surface area contributed by atoms with Gasteiger partial charge in [-0.05, 0) is 22.4 Å². The Labute approximate surface area is 145 Å². The van der Waals surface area contributed by atoms with Gasteiger partial charge < -0.3 is 14.2 Å². The van der Waals surface area contributed by atoms with Crippen molar-refractivity contribution in [3.63, 3.8) is 0 Å². The minimum atomic E-state index is -0.254. The number of nitrogens with zero attached hydrogens (tertiary/aromatic N) is 2. The molecule has 5 nitrogen and oxygen atoms in total. The van der Waals surface area contributed by atoms with Crippen molar-refractivity contribution in [3.8, 4) is 5.88 Å². The summed E-state index contributed by atoms with van der Waals surface area (Å²) in [5.74, 6) is 0.471. The van der Waals surface area contributed by atoms with Gasteiger partial charge in [-0.15, -0.1) is 0 Å². The third-order valence-corrected chi connectivity index (χ3v) is 4.91. The van der Waals surface area contributed by atoms with Crippen LogP contribution in [0.5, 0.6) is 5.88 Å². The maximum Gasteiger partial charge on any atom is 0.232 e. The SMILES string of the molecule is Brc1cnc(O[C@H]2CO[C@H](C3(I)C=CC=CC3)OC2)cn1. The van der Waals surface area contributed by atoms with Crippen LogP contribution in [0.3, 0.4) is 0 Å². The molecule has 1 aromatic heterocycles. The second kappa shape index (κ2) is 6.72. The van der Waals surface area contributed by atoms with Crippen molar-refractivity contribution < 1.29 is 14.2 Å². The fraction of sp³-hybridized carbons (Fsp3) is 0.429. The van der Waals surface area contributed by atoms with Crippen LogP contribution in [0.1, 0.15) is 6.42 Å². The molecule has 0 aromatic carbocycles. The molecule has 7 heteroatoms. The van der Waals surface area contributed by atoms with Crippen molar-refractivity contribution in [1.82, 2.24) is 9.97 Å². The number of halogens is 2. The van der Waals surface area contributed by atoms with E-state index in [9.17, 15) is 0 Å². The minimum absolute atomic E-state index is 0.144. The zero-order valence-corrected chi connectivity index (χ0v) is 14.9. The highest BCUT2D eigenvalue weighted by atomic mass is 127. The summed E-state index contributed by atoms with van der Waals surface area (Å²) in [6, 6.07) is 0. The van der Waals surface area contributed by atoms with Gasteiger partial charge in [-0.3, -0.25) is 0 Å². The van der Waals surface area contributed by atoms with E-state index in [0.29, 0.717) is 23.7 Å². The molecular weight excluding hydrogens is 451 g/mol. The number of alkyl halides is 1. The smallest absolute Gasteiger partial charge is 0.232 e. The van der Waals surface area contributed by atoms with Gasteiger partial charge in [-0.1, -0.05) is 46.9 Å².